The number of hydrogen-bond donors (Lipinski definition) is 0. The molecule has 0 atom stereocenters. The van der Waals surface area contributed by atoms with Crippen LogP contribution in [0.3, 0.4) is 0 Å². The van der Waals surface area contributed by atoms with Crippen LogP contribution in [-0.2, 0) is 6.37 Å². The molecule has 0 saturated heterocycles. The molecule has 3 heteroatoms. The summed E-state index contributed by atoms with van der Waals surface area (Å²) in [5.74, 6) is -0.237. The van der Waals surface area contributed by atoms with E-state index in [1.807, 2.05) is 45.0 Å². The molecule has 0 fully saturated rings. The molecule has 0 aliphatic rings. The number of pyridine rings is 1. The van der Waals surface area contributed by atoms with Gasteiger partial charge < -0.3 is 0 Å². The molecule has 1 nitrogen and oxygen atoms in total. The zero-order valence-electron chi connectivity index (χ0n) is 19.7. The van der Waals surface area contributed by atoms with Gasteiger partial charge in [-0.3, -0.25) is 4.98 Å². The summed E-state index contributed by atoms with van der Waals surface area (Å²) in [5.41, 5.74) is 3.69. The molecule has 2 heterocycles. The highest BCUT2D eigenvalue weighted by molar-refractivity contribution is 7.25. The first kappa shape index (κ1) is 17.6. The van der Waals surface area contributed by atoms with Crippen molar-refractivity contribution in [3.05, 3.63) is 90.4 Å². The predicted molar refractivity (Wildman–Crippen MR) is 131 cm³/mol. The van der Waals surface area contributed by atoms with Crippen LogP contribution in [0.4, 0.5) is 4.39 Å². The smallest absolute Gasteiger partial charge is 0.123 e. The highest BCUT2D eigenvalue weighted by Gasteiger charge is 2.13. The minimum atomic E-state index is -1.48. The zero-order valence-corrected chi connectivity index (χ0v) is 18.6. The topological polar surface area (TPSA) is 12.9 Å². The molecule has 0 aliphatic carbocycles. The van der Waals surface area contributed by atoms with E-state index < -0.39 is 11.8 Å². The van der Waals surface area contributed by atoms with Gasteiger partial charge in [0, 0.05) is 34.7 Å². The van der Waals surface area contributed by atoms with Gasteiger partial charge in [0.25, 0.3) is 0 Å². The van der Waals surface area contributed by atoms with E-state index in [2.05, 4.69) is 29.2 Å². The van der Waals surface area contributed by atoms with E-state index in [1.54, 1.807) is 35.7 Å². The third-order valence-electron chi connectivity index (χ3n) is 5.20. The molecule has 5 rings (SSSR count). The van der Waals surface area contributed by atoms with Crippen molar-refractivity contribution in [3.8, 4) is 22.4 Å². The third kappa shape index (κ3) is 4.11. The molecular weight excluding hydrogens is 401 g/mol. The van der Waals surface area contributed by atoms with E-state index in [9.17, 15) is 4.39 Å². The number of thiophene rings is 1. The second-order valence-corrected chi connectivity index (χ2v) is 9.92. The monoisotopic (exact) mass is 427 g/mol. The van der Waals surface area contributed by atoms with Crippen LogP contribution in [0.15, 0.2) is 79.0 Å². The Kier molecular flexibility index (Phi) is 4.31. The highest BCUT2D eigenvalue weighted by Crippen LogP contribution is 2.38. The van der Waals surface area contributed by atoms with Crippen molar-refractivity contribution in [1.29, 1.82) is 0 Å². The average molecular weight is 428 g/mol. The Morgan fingerprint density at radius 1 is 0.839 bits per heavy atom. The fourth-order valence-corrected chi connectivity index (χ4v) is 5.01. The minimum Gasteiger partial charge on any atom is -0.256 e. The quantitative estimate of drug-likeness (QED) is 0.281. The molecular formula is C28H24FNS. The van der Waals surface area contributed by atoms with Gasteiger partial charge in [0.05, 0.1) is 5.69 Å². The van der Waals surface area contributed by atoms with Gasteiger partial charge in [0.2, 0.25) is 0 Å². The normalized spacial score (nSPS) is 13.4. The molecule has 3 aromatic carbocycles. The fourth-order valence-electron chi connectivity index (χ4n) is 3.88. The van der Waals surface area contributed by atoms with Gasteiger partial charge >= 0.3 is 0 Å². The first-order valence-corrected chi connectivity index (χ1v) is 11.1. The predicted octanol–water partition coefficient (Wildman–Crippen LogP) is 8.51. The Labute approximate surface area is 189 Å². The summed E-state index contributed by atoms with van der Waals surface area (Å²) in [6, 6.07) is 22.8. The molecule has 0 amide bonds. The summed E-state index contributed by atoms with van der Waals surface area (Å²) < 4.78 is 33.2. The summed E-state index contributed by atoms with van der Waals surface area (Å²) in [7, 11) is 0. The average Bonchev–Trinajstić information content (AvgIpc) is 3.15. The maximum atomic E-state index is 13.7. The molecule has 154 valence electrons. The summed E-state index contributed by atoms with van der Waals surface area (Å²) in [6.45, 7) is 5.73. The van der Waals surface area contributed by atoms with Crippen molar-refractivity contribution < 1.29 is 7.13 Å². The van der Waals surface area contributed by atoms with Crippen molar-refractivity contribution in [2.45, 2.75) is 27.1 Å². The van der Waals surface area contributed by atoms with Crippen LogP contribution in [0.25, 0.3) is 42.6 Å². The van der Waals surface area contributed by atoms with Gasteiger partial charge in [-0.15, -0.1) is 11.3 Å². The summed E-state index contributed by atoms with van der Waals surface area (Å²) >= 11 is 1.72. The van der Waals surface area contributed by atoms with Crippen molar-refractivity contribution in [2.75, 3.05) is 0 Å². The molecule has 0 bridgehead atoms. The largest absolute Gasteiger partial charge is 0.256 e. The van der Waals surface area contributed by atoms with Crippen LogP contribution in [0, 0.1) is 11.2 Å². The van der Waals surface area contributed by atoms with Gasteiger partial charge in [-0.2, -0.15) is 0 Å². The van der Waals surface area contributed by atoms with Gasteiger partial charge in [0.1, 0.15) is 5.82 Å². The summed E-state index contributed by atoms with van der Waals surface area (Å²) in [6.07, 6.45) is 0.215. The molecule has 0 unspecified atom stereocenters. The van der Waals surface area contributed by atoms with Crippen LogP contribution in [0.5, 0.6) is 0 Å². The van der Waals surface area contributed by atoms with E-state index in [0.29, 0.717) is 5.56 Å². The van der Waals surface area contributed by atoms with Crippen molar-refractivity contribution >= 4 is 31.5 Å². The Morgan fingerprint density at radius 2 is 1.65 bits per heavy atom. The van der Waals surface area contributed by atoms with Gasteiger partial charge in [-0.1, -0.05) is 51.1 Å². The molecule has 0 N–H and O–H groups in total. The lowest BCUT2D eigenvalue weighted by atomic mass is 9.88. The lowest BCUT2D eigenvalue weighted by Crippen LogP contribution is -2.09. The second kappa shape index (κ2) is 7.58. The van der Waals surface area contributed by atoms with E-state index >= 15 is 0 Å². The van der Waals surface area contributed by atoms with E-state index in [1.165, 1.54) is 10.8 Å². The number of fused-ring (bicyclic) bond motifs is 3. The Bertz CT molecular complexity index is 1500. The Balaban J connectivity index is 1.59. The van der Waals surface area contributed by atoms with Crippen LogP contribution < -0.4 is 0 Å². The molecule has 0 spiro atoms. The lowest BCUT2D eigenvalue weighted by molar-refractivity contribution is 0.411. The standard InChI is InChI=1S/C28H24FNS/c1-28(2,3)17-18-11-12-30-25(13-18)21-8-10-26-24(15-21)23-9-7-20(16-27(23)31-26)19-5-4-6-22(29)14-19/h4-16H,17H2,1-3H3/i17D2. The molecule has 2 aromatic heterocycles. The van der Waals surface area contributed by atoms with E-state index in [0.717, 1.165) is 37.9 Å². The van der Waals surface area contributed by atoms with Crippen LogP contribution in [-0.4, -0.2) is 4.98 Å². The number of benzene rings is 3. The Morgan fingerprint density at radius 3 is 2.45 bits per heavy atom. The van der Waals surface area contributed by atoms with E-state index in [-0.39, 0.29) is 5.82 Å². The number of nitrogens with zero attached hydrogens (tertiary/aromatic N) is 1. The van der Waals surface area contributed by atoms with Crippen LogP contribution in [0.2, 0.25) is 0 Å². The number of halogens is 1. The summed E-state index contributed by atoms with van der Waals surface area (Å²) in [5, 5.41) is 2.29. The SMILES string of the molecule is [2H]C([2H])(c1ccnc(-c2ccc3sc4cc(-c5cccc(F)c5)ccc4c3c2)c1)C(C)(C)C. The number of hydrogen-bond acceptors (Lipinski definition) is 2. The maximum Gasteiger partial charge on any atom is 0.123 e. The first-order chi connectivity index (χ1) is 15.6. The minimum absolute atomic E-state index is 0.237. The van der Waals surface area contributed by atoms with Crippen molar-refractivity contribution in [3.63, 3.8) is 0 Å². The lowest BCUT2D eigenvalue weighted by Gasteiger charge is -2.18. The van der Waals surface area contributed by atoms with Crippen LogP contribution in [0.1, 0.15) is 29.1 Å². The van der Waals surface area contributed by atoms with Crippen molar-refractivity contribution in [1.82, 2.24) is 4.98 Å². The fraction of sp³-hybridized carbons (Fsp3) is 0.179. The zero-order chi connectivity index (χ0) is 23.4. The summed E-state index contributed by atoms with van der Waals surface area (Å²) in [4.78, 5) is 4.54. The first-order valence-electron chi connectivity index (χ1n) is 11.3. The molecule has 0 saturated carbocycles. The molecule has 31 heavy (non-hydrogen) atoms. The molecule has 5 aromatic rings. The molecule has 0 radical (unpaired) electrons. The van der Waals surface area contributed by atoms with Crippen LogP contribution >= 0.6 is 11.3 Å². The second-order valence-electron chi connectivity index (χ2n) is 8.84. The third-order valence-corrected chi connectivity index (χ3v) is 6.34. The van der Waals surface area contributed by atoms with Gasteiger partial charge in [-0.05, 0) is 70.9 Å². The van der Waals surface area contributed by atoms with Gasteiger partial charge in [-0.25, -0.2) is 4.39 Å². The maximum absolute atomic E-state index is 13.7. The Hall–Kier alpha value is -3.04. The van der Waals surface area contributed by atoms with E-state index in [4.69, 9.17) is 2.74 Å². The number of aromatic nitrogens is 1. The molecule has 0 aliphatic heterocycles. The number of rotatable bonds is 3. The van der Waals surface area contributed by atoms with Crippen molar-refractivity contribution in [2.24, 2.45) is 5.41 Å². The van der Waals surface area contributed by atoms with Gasteiger partial charge in [0.15, 0.2) is 0 Å². The highest BCUT2D eigenvalue weighted by atomic mass is 32.1.